The Hall–Kier alpha value is -15.5. The number of carbonyl (C=O) groups is 10. The Kier molecular flexibility index (Phi) is 55.0. The first-order chi connectivity index (χ1) is 66.9. The number of nitrogens with one attached hydrogen (secondary N) is 6. The van der Waals surface area contributed by atoms with Crippen LogP contribution in [0.5, 0.6) is 5.75 Å². The van der Waals surface area contributed by atoms with Crippen molar-refractivity contribution in [3.8, 4) is 23.2 Å². The normalized spacial score (nSPS) is 9.85. The maximum atomic E-state index is 13.0. The Morgan fingerprint density at radius 1 is 0.440 bits per heavy atom. The molecule has 1 aromatic heterocycles. The van der Waals surface area contributed by atoms with E-state index < -0.39 is 23.7 Å². The summed E-state index contributed by atoms with van der Waals surface area (Å²) in [6.45, 7) is 24.7. The first kappa shape index (κ1) is 122. The molecule has 0 fully saturated rings. The van der Waals surface area contributed by atoms with Crippen molar-refractivity contribution in [2.45, 2.75) is 121 Å². The van der Waals surface area contributed by atoms with Crippen LogP contribution in [-0.2, 0) is 73.0 Å². The van der Waals surface area contributed by atoms with Crippen molar-refractivity contribution in [1.29, 1.82) is 5.26 Å². The highest BCUT2D eigenvalue weighted by molar-refractivity contribution is 6.31. The number of nitrogens with two attached hydrogens (primary N) is 1. The number of hydrogen-bond donors (Lipinski definition) is 7. The minimum atomic E-state index is -0.551. The van der Waals surface area contributed by atoms with E-state index in [9.17, 15) is 52.3 Å². The summed E-state index contributed by atoms with van der Waals surface area (Å²) in [4.78, 5) is 117. The summed E-state index contributed by atoms with van der Waals surface area (Å²) in [5, 5.41) is 37.8. The first-order valence-corrected chi connectivity index (χ1v) is 45.6. The summed E-state index contributed by atoms with van der Waals surface area (Å²) in [7, 11) is 26.1. The predicted octanol–water partition coefficient (Wildman–Crippen LogP) is 19.0. The summed E-state index contributed by atoms with van der Waals surface area (Å²) >= 11 is 5.82. The molecule has 141 heavy (non-hydrogen) atoms. The van der Waals surface area contributed by atoms with Crippen LogP contribution in [0.2, 0.25) is 5.02 Å². The van der Waals surface area contributed by atoms with Gasteiger partial charge in [-0.25, -0.2) is 37.8 Å². The van der Waals surface area contributed by atoms with Crippen molar-refractivity contribution < 1.29 is 85.5 Å². The zero-order valence-corrected chi connectivity index (χ0v) is 87.1. The molecule has 0 radical (unpaired) electrons. The quantitative estimate of drug-likeness (QED) is 0.0218. The number of esters is 6. The molecule has 4 amide bonds. The number of anilines is 5. The van der Waals surface area contributed by atoms with Gasteiger partial charge in [0.25, 0.3) is 17.7 Å². The third-order valence-corrected chi connectivity index (χ3v) is 20.3. The highest BCUT2D eigenvalue weighted by Crippen LogP contribution is 2.28. The zero-order chi connectivity index (χ0) is 106. The fourth-order valence-corrected chi connectivity index (χ4v) is 12.7. The molecule has 756 valence electrons. The molecule has 1 heterocycles. The van der Waals surface area contributed by atoms with E-state index >= 15 is 0 Å². The van der Waals surface area contributed by atoms with E-state index in [2.05, 4.69) is 127 Å². The fourth-order valence-electron chi connectivity index (χ4n) is 12.4. The van der Waals surface area contributed by atoms with Crippen molar-refractivity contribution in [2.24, 2.45) is 12.8 Å². The molecular weight excluding hydrogens is 1820 g/mol. The maximum absolute atomic E-state index is 13.0. The first-order valence-electron chi connectivity index (χ1n) is 45.2. The van der Waals surface area contributed by atoms with Crippen molar-refractivity contribution in [3.63, 3.8) is 0 Å². The molecule has 10 aromatic carbocycles. The highest BCUT2D eigenvalue weighted by atomic mass is 35.5. The second kappa shape index (κ2) is 63.8. The van der Waals surface area contributed by atoms with Gasteiger partial charge in [0.2, 0.25) is 5.91 Å². The second-order valence-corrected chi connectivity index (χ2v) is 32.4. The molecule has 0 aliphatic carbocycles. The predicted molar refractivity (Wildman–Crippen MR) is 556 cm³/mol. The SMILES string of the molecule is CCOC(=O)c1cc(CC)ccc1OC.CCOC(=O)c1cc(F)cc(CC)c1.CCc1cc(C(=O)OC)cc(C(C)(C)C)c1.CCc1cc(C)cc(C(=O)OC)c1.CCc1cc(Cl)cc(C(=O)OC)c1.CNC(=O)c1cccc(NC)c1.CNc1cc(C(=O)OC)cc(C(=O)N(C)C)c1.CNc1cc(C(N)=O)cc(C(=O)N(C)C)c1.CNc1cc(C)cc(-c2nnnn2C)c1.CNc1cccc(C#N)c1. The number of primary amides is 1. The van der Waals surface area contributed by atoms with Crippen LogP contribution < -0.4 is 42.4 Å². The van der Waals surface area contributed by atoms with Crippen molar-refractivity contribution in [2.75, 3.05) is 146 Å². The third kappa shape index (κ3) is 42.6. The lowest BCUT2D eigenvalue weighted by Gasteiger charge is -2.20. The molecule has 0 saturated carbocycles. The topological polar surface area (TPSA) is 407 Å². The van der Waals surface area contributed by atoms with Crippen LogP contribution in [0.4, 0.5) is 32.8 Å². The number of carbonyl (C=O) groups excluding carboxylic acids is 10. The van der Waals surface area contributed by atoms with Gasteiger partial charge in [-0.15, -0.1) is 5.10 Å². The number of nitrogens with zero attached hydrogens (tertiary/aromatic N) is 7. The van der Waals surface area contributed by atoms with Crippen LogP contribution in [-0.4, -0.2) is 209 Å². The van der Waals surface area contributed by atoms with Gasteiger partial charge in [-0.3, -0.25) is 19.2 Å². The van der Waals surface area contributed by atoms with E-state index in [0.717, 1.165) is 76.4 Å². The van der Waals surface area contributed by atoms with E-state index in [-0.39, 0.29) is 52.6 Å². The van der Waals surface area contributed by atoms with Gasteiger partial charge in [0.1, 0.15) is 17.1 Å². The molecule has 0 aliphatic heterocycles. The molecule has 8 N–H and O–H groups in total. The molecule has 0 atom stereocenters. The summed E-state index contributed by atoms with van der Waals surface area (Å²) in [5.74, 6) is -2.14. The summed E-state index contributed by atoms with van der Waals surface area (Å²) in [6, 6.07) is 59.4. The Morgan fingerprint density at radius 2 is 0.858 bits per heavy atom. The molecule has 31 nitrogen and oxygen atoms in total. The number of rotatable bonds is 24. The third-order valence-electron chi connectivity index (χ3n) is 20.1. The molecule has 0 bridgehead atoms. The summed E-state index contributed by atoms with van der Waals surface area (Å²) < 4.78 is 48.2. The molecule has 11 aromatic rings. The molecule has 0 unspecified atom stereocenters. The number of halogens is 2. The van der Waals surface area contributed by atoms with Gasteiger partial charge in [0.15, 0.2) is 5.82 Å². The van der Waals surface area contributed by atoms with E-state index in [1.54, 1.807) is 148 Å². The van der Waals surface area contributed by atoms with Crippen LogP contribution in [0.3, 0.4) is 0 Å². The van der Waals surface area contributed by atoms with Gasteiger partial charge < -0.3 is 80.6 Å². The van der Waals surface area contributed by atoms with Gasteiger partial charge in [-0.2, -0.15) is 5.26 Å². The number of aromatic nitrogens is 4. The minimum absolute atomic E-state index is 0.0496. The average Bonchev–Trinajstić information content (AvgIpc) is 1.71. The number of nitriles is 1. The summed E-state index contributed by atoms with van der Waals surface area (Å²) in [5.41, 5.74) is 24.8. The largest absolute Gasteiger partial charge is 0.496 e. The van der Waals surface area contributed by atoms with E-state index in [4.69, 9.17) is 41.5 Å². The highest BCUT2D eigenvalue weighted by Gasteiger charge is 2.21. The van der Waals surface area contributed by atoms with E-state index in [1.165, 1.54) is 84.8 Å². The number of methoxy groups -OCH3 is 5. The number of ether oxygens (including phenoxy) is 7. The number of aryl methyl sites for hydroxylation is 8. The lowest BCUT2D eigenvalue weighted by atomic mass is 9.85. The molecule has 0 spiro atoms. The van der Waals surface area contributed by atoms with Gasteiger partial charge >= 0.3 is 35.8 Å². The average molecular weight is 1960 g/mol. The molecule has 0 aliphatic rings. The fraction of sp³-hybridized carbons (Fsp3) is 0.333. The van der Waals surface area contributed by atoms with Gasteiger partial charge in [-0.05, 0) is 278 Å². The smallest absolute Gasteiger partial charge is 0.341 e. The van der Waals surface area contributed by atoms with Crippen LogP contribution in [0.15, 0.2) is 194 Å². The molecule has 11 rings (SSSR count). The second-order valence-electron chi connectivity index (χ2n) is 32.0. The molecule has 33 heteroatoms. The van der Waals surface area contributed by atoms with Crippen LogP contribution in [0.1, 0.15) is 223 Å². The number of hydrogen-bond acceptors (Lipinski definition) is 26. The number of tetrazole rings is 1. The van der Waals surface area contributed by atoms with Crippen LogP contribution >= 0.6 is 11.6 Å². The van der Waals surface area contributed by atoms with Crippen LogP contribution in [0, 0.1) is 31.0 Å². The Balaban J connectivity index is 0.000000531. The molecular formula is C108H138ClFN14O17. The zero-order valence-electron chi connectivity index (χ0n) is 86.3. The Morgan fingerprint density at radius 3 is 1.30 bits per heavy atom. The van der Waals surface area contributed by atoms with E-state index in [0.29, 0.717) is 97.4 Å². The van der Waals surface area contributed by atoms with Crippen molar-refractivity contribution >= 4 is 99.5 Å². The Labute approximate surface area is 834 Å². The van der Waals surface area contributed by atoms with Crippen molar-refractivity contribution in [1.82, 2.24) is 35.3 Å². The number of amides is 4. The van der Waals surface area contributed by atoms with Gasteiger partial charge in [0, 0.05) is 139 Å². The maximum Gasteiger partial charge on any atom is 0.341 e. The van der Waals surface area contributed by atoms with Gasteiger partial charge in [0.05, 0.1) is 88.2 Å². The molecule has 0 saturated heterocycles. The lowest BCUT2D eigenvalue weighted by molar-refractivity contribution is 0.0514. The van der Waals surface area contributed by atoms with Crippen molar-refractivity contribution in [3.05, 3.63) is 311 Å². The lowest BCUT2D eigenvalue weighted by Crippen LogP contribution is -2.22. The summed E-state index contributed by atoms with van der Waals surface area (Å²) in [6.07, 6.45) is 4.30. The Bertz CT molecular complexity index is 5920. The number of benzene rings is 10. The van der Waals surface area contributed by atoms with Gasteiger partial charge in [-0.1, -0.05) is 103 Å². The van der Waals surface area contributed by atoms with Crippen LogP contribution in [0.25, 0.3) is 11.4 Å². The van der Waals surface area contributed by atoms with E-state index in [1.807, 2.05) is 136 Å². The standard InChI is InChI=1S/C14H20O2.C12H16N2O3.C12H16O3.C11H13FO2.C11H15N3O2.C11H14O2.C10H11ClO2.C10H13N5.C9H12N2O.C8H8N2/c1-6-10-7-11(13(15)16-5)9-12(8-10)14(2,3)4;1-13-10-6-8(11(15)14(2)3)5-9(7-10)12(16)17-4;1-4-9-6-7-11(14-3)10(8-9)12(13)15-5-2;1-3-8-5-9(7-10(12)6-8)11(13)14-4-2;1-13-9-5-7(10(12)15)4-8(6-9)11(16)14(2)3;1-4-9-5-8(2)6-10(7-9)11(12)13-3;1-3-7-4-8(10(12)13-2)6-9(11)5-7;1-7-4-8(6-9(5-7)11-2)10-12-13-14-15(10)3;1-10-8-5-3-4-7(6-8)9(12)11-2;1-10-8-4-2-3-7(5-8)6-9/h7-9H,6H2,1-5H3;5-7,13H,1-4H3;6-8H,4-5H2,1-3H3;5-7H,3-4H2,1-2H3;4-6,13H,1-3H3,(H2,12,15);5-7H,4H2,1-3H3;4-6H,3H2,1-2H3;4-6,11H,1-3H3;3-6,10H,1-2H3,(H,11,12);2-5,10H,1H3. The monoisotopic (exact) mass is 1960 g/mol. The minimum Gasteiger partial charge on any atom is -0.496 e.